The number of hydrogen-bond acceptors (Lipinski definition) is 5. The zero-order valence-corrected chi connectivity index (χ0v) is 16.4. The number of aryl methyl sites for hydroxylation is 4. The molecule has 0 radical (unpaired) electrons. The molecule has 5 heteroatoms. The molecule has 0 bridgehead atoms. The Balaban J connectivity index is 2.36. The van der Waals surface area contributed by atoms with Crippen LogP contribution in [0.1, 0.15) is 41.4 Å². The molecule has 0 fully saturated rings. The SMILES string of the molecule is CCC(COC)Nc1nc(C)nc(Nc2c(C)cc(C)cc2C)c1C. The lowest BCUT2D eigenvalue weighted by molar-refractivity contribution is 0.184. The summed E-state index contributed by atoms with van der Waals surface area (Å²) in [6.45, 7) is 13.1. The van der Waals surface area contributed by atoms with Gasteiger partial charge in [0.2, 0.25) is 0 Å². The van der Waals surface area contributed by atoms with Gasteiger partial charge in [-0.05, 0) is 52.2 Å². The van der Waals surface area contributed by atoms with Crippen LogP contribution in [0.5, 0.6) is 0 Å². The maximum absolute atomic E-state index is 5.28. The standard InChI is InChI=1S/C20H30N4O/c1-8-17(11-25-7)23-19-15(5)20(22-16(6)21-19)24-18-13(3)9-12(2)10-14(18)4/h9-10,17H,8,11H2,1-7H3,(H2,21,22,23,24). The van der Waals surface area contributed by atoms with E-state index in [2.05, 4.69) is 60.4 Å². The van der Waals surface area contributed by atoms with Crippen LogP contribution in [0.3, 0.4) is 0 Å². The fourth-order valence-electron chi connectivity index (χ4n) is 3.04. The number of hydrogen-bond donors (Lipinski definition) is 2. The van der Waals surface area contributed by atoms with E-state index in [9.17, 15) is 0 Å². The number of anilines is 3. The van der Waals surface area contributed by atoms with Crippen LogP contribution in [0, 0.1) is 34.6 Å². The van der Waals surface area contributed by atoms with Crippen molar-refractivity contribution >= 4 is 17.3 Å². The van der Waals surface area contributed by atoms with Crippen molar-refractivity contribution in [2.24, 2.45) is 0 Å². The molecule has 0 aliphatic carbocycles. The minimum absolute atomic E-state index is 0.230. The molecular weight excluding hydrogens is 312 g/mol. The van der Waals surface area contributed by atoms with Crippen molar-refractivity contribution in [2.75, 3.05) is 24.4 Å². The predicted octanol–water partition coefficient (Wildman–Crippen LogP) is 4.60. The summed E-state index contributed by atoms with van der Waals surface area (Å²) >= 11 is 0. The minimum atomic E-state index is 0.230. The van der Waals surface area contributed by atoms with Gasteiger partial charge >= 0.3 is 0 Å². The Hall–Kier alpha value is -2.14. The van der Waals surface area contributed by atoms with Crippen LogP contribution in [-0.2, 0) is 4.74 Å². The van der Waals surface area contributed by atoms with Gasteiger partial charge in [0.15, 0.2) is 0 Å². The summed E-state index contributed by atoms with van der Waals surface area (Å²) in [5.41, 5.74) is 5.83. The van der Waals surface area contributed by atoms with Crippen LogP contribution in [-0.4, -0.2) is 29.7 Å². The summed E-state index contributed by atoms with van der Waals surface area (Å²) in [7, 11) is 1.72. The first-order valence-electron chi connectivity index (χ1n) is 8.81. The molecule has 5 nitrogen and oxygen atoms in total. The van der Waals surface area contributed by atoms with Gasteiger partial charge in [0.1, 0.15) is 17.5 Å². The smallest absolute Gasteiger partial charge is 0.139 e. The molecule has 2 aromatic rings. The average molecular weight is 342 g/mol. The van der Waals surface area contributed by atoms with Crippen molar-refractivity contribution in [1.29, 1.82) is 0 Å². The van der Waals surface area contributed by atoms with E-state index in [4.69, 9.17) is 4.74 Å². The second kappa shape index (κ2) is 8.30. The first-order chi connectivity index (χ1) is 11.8. The Kier molecular flexibility index (Phi) is 6.37. The van der Waals surface area contributed by atoms with Gasteiger partial charge in [-0.15, -0.1) is 0 Å². The Morgan fingerprint density at radius 2 is 1.60 bits per heavy atom. The largest absolute Gasteiger partial charge is 0.383 e. The molecule has 1 heterocycles. The Morgan fingerprint density at radius 1 is 1.00 bits per heavy atom. The van der Waals surface area contributed by atoms with Gasteiger partial charge < -0.3 is 15.4 Å². The maximum atomic E-state index is 5.28. The topological polar surface area (TPSA) is 59.1 Å². The van der Waals surface area contributed by atoms with Crippen molar-refractivity contribution in [3.63, 3.8) is 0 Å². The summed E-state index contributed by atoms with van der Waals surface area (Å²) in [5, 5.41) is 7.01. The zero-order chi connectivity index (χ0) is 18.6. The zero-order valence-electron chi connectivity index (χ0n) is 16.4. The average Bonchev–Trinajstić information content (AvgIpc) is 2.54. The Bertz CT molecular complexity index is 720. The maximum Gasteiger partial charge on any atom is 0.139 e. The Labute approximate surface area is 151 Å². The second-order valence-corrected chi connectivity index (χ2v) is 6.70. The summed E-state index contributed by atoms with van der Waals surface area (Å²) in [6.07, 6.45) is 0.968. The molecule has 0 aliphatic heterocycles. The van der Waals surface area contributed by atoms with Crippen LogP contribution in [0.15, 0.2) is 12.1 Å². The normalized spacial score (nSPS) is 12.1. The van der Waals surface area contributed by atoms with Crippen molar-refractivity contribution in [2.45, 2.75) is 54.0 Å². The molecule has 136 valence electrons. The number of ether oxygens (including phenoxy) is 1. The molecule has 1 aromatic carbocycles. The van der Waals surface area contributed by atoms with Gasteiger partial charge in [0.25, 0.3) is 0 Å². The van der Waals surface area contributed by atoms with E-state index < -0.39 is 0 Å². The van der Waals surface area contributed by atoms with Crippen molar-refractivity contribution in [3.8, 4) is 0 Å². The number of rotatable bonds is 7. The second-order valence-electron chi connectivity index (χ2n) is 6.70. The molecule has 2 rings (SSSR count). The highest BCUT2D eigenvalue weighted by molar-refractivity contribution is 5.69. The van der Waals surface area contributed by atoms with Crippen molar-refractivity contribution in [1.82, 2.24) is 9.97 Å². The molecule has 0 spiro atoms. The molecule has 0 saturated carbocycles. The summed E-state index contributed by atoms with van der Waals surface area (Å²) in [6, 6.07) is 4.60. The molecule has 1 aromatic heterocycles. The van der Waals surface area contributed by atoms with Gasteiger partial charge in [0.05, 0.1) is 12.6 Å². The first kappa shape index (κ1) is 19.2. The lowest BCUT2D eigenvalue weighted by atomic mass is 10.0. The summed E-state index contributed by atoms with van der Waals surface area (Å²) in [4.78, 5) is 9.21. The third-order valence-corrected chi connectivity index (χ3v) is 4.38. The predicted molar refractivity (Wildman–Crippen MR) is 105 cm³/mol. The molecular formula is C20H30N4O. The lowest BCUT2D eigenvalue weighted by Gasteiger charge is -2.21. The number of methoxy groups -OCH3 is 1. The fraction of sp³-hybridized carbons (Fsp3) is 0.500. The van der Waals surface area contributed by atoms with E-state index >= 15 is 0 Å². The van der Waals surface area contributed by atoms with E-state index in [0.717, 1.165) is 35.1 Å². The van der Waals surface area contributed by atoms with Gasteiger partial charge in [-0.25, -0.2) is 9.97 Å². The molecule has 2 N–H and O–H groups in total. The van der Waals surface area contributed by atoms with Crippen LogP contribution < -0.4 is 10.6 Å². The highest BCUT2D eigenvalue weighted by atomic mass is 16.5. The Morgan fingerprint density at radius 3 is 2.16 bits per heavy atom. The van der Waals surface area contributed by atoms with E-state index in [-0.39, 0.29) is 6.04 Å². The third-order valence-electron chi connectivity index (χ3n) is 4.38. The van der Waals surface area contributed by atoms with E-state index in [1.165, 1.54) is 16.7 Å². The minimum Gasteiger partial charge on any atom is -0.383 e. The third kappa shape index (κ3) is 4.69. The monoisotopic (exact) mass is 342 g/mol. The fourth-order valence-corrected chi connectivity index (χ4v) is 3.04. The molecule has 1 unspecified atom stereocenters. The molecule has 0 aliphatic rings. The van der Waals surface area contributed by atoms with Crippen LogP contribution in [0.4, 0.5) is 17.3 Å². The van der Waals surface area contributed by atoms with Gasteiger partial charge in [-0.2, -0.15) is 0 Å². The number of nitrogens with zero attached hydrogens (tertiary/aromatic N) is 2. The number of nitrogens with one attached hydrogen (secondary N) is 2. The lowest BCUT2D eigenvalue weighted by Crippen LogP contribution is -2.25. The van der Waals surface area contributed by atoms with Crippen molar-refractivity contribution in [3.05, 3.63) is 40.2 Å². The summed E-state index contributed by atoms with van der Waals surface area (Å²) < 4.78 is 5.28. The van der Waals surface area contributed by atoms with E-state index in [0.29, 0.717) is 6.61 Å². The van der Waals surface area contributed by atoms with Gasteiger partial charge in [-0.3, -0.25) is 0 Å². The molecule has 1 atom stereocenters. The number of benzene rings is 1. The highest BCUT2D eigenvalue weighted by Crippen LogP contribution is 2.29. The van der Waals surface area contributed by atoms with E-state index in [1.807, 2.05) is 13.8 Å². The van der Waals surface area contributed by atoms with Crippen LogP contribution >= 0.6 is 0 Å². The van der Waals surface area contributed by atoms with Crippen LogP contribution in [0.25, 0.3) is 0 Å². The highest BCUT2D eigenvalue weighted by Gasteiger charge is 2.14. The molecule has 25 heavy (non-hydrogen) atoms. The van der Waals surface area contributed by atoms with Gasteiger partial charge in [0, 0.05) is 18.4 Å². The van der Waals surface area contributed by atoms with Gasteiger partial charge in [-0.1, -0.05) is 24.6 Å². The van der Waals surface area contributed by atoms with Crippen LogP contribution in [0.2, 0.25) is 0 Å². The van der Waals surface area contributed by atoms with E-state index in [1.54, 1.807) is 7.11 Å². The first-order valence-corrected chi connectivity index (χ1v) is 8.81. The number of aromatic nitrogens is 2. The molecule has 0 amide bonds. The van der Waals surface area contributed by atoms with Crippen molar-refractivity contribution < 1.29 is 4.74 Å². The quantitative estimate of drug-likeness (QED) is 0.770. The summed E-state index contributed by atoms with van der Waals surface area (Å²) in [5.74, 6) is 2.45. The molecule has 0 saturated heterocycles.